The number of carbonyl (C=O) groups excluding carboxylic acids is 3. The minimum absolute atomic E-state index is 0.221. The normalized spacial score (nSPS) is 21.2. The monoisotopic (exact) mass is 375 g/mol. The highest BCUT2D eigenvalue weighted by atomic mass is 35.5. The summed E-state index contributed by atoms with van der Waals surface area (Å²) in [5.74, 6) is -1.56. The van der Waals surface area contributed by atoms with Crippen molar-refractivity contribution >= 4 is 40.9 Å². The highest BCUT2D eigenvalue weighted by Gasteiger charge is 2.69. The van der Waals surface area contributed by atoms with Gasteiger partial charge in [0.2, 0.25) is 5.78 Å². The highest BCUT2D eigenvalue weighted by Crippen LogP contribution is 2.64. The predicted octanol–water partition coefficient (Wildman–Crippen LogP) is 3.12. The molecule has 0 aliphatic heterocycles. The number of hydrogen-bond donors (Lipinski definition) is 1. The van der Waals surface area contributed by atoms with Gasteiger partial charge in [-0.2, -0.15) is 0 Å². The molecule has 1 saturated carbocycles. The van der Waals surface area contributed by atoms with Crippen LogP contribution in [-0.2, 0) is 14.3 Å². The SMILES string of the molecule is CCOC(=O)c1[nH]c(C)c(C(=O)COC(=O)[C@@]2(C)CC2(Cl)Cl)c1C. The molecule has 1 aliphatic rings. The number of aromatic nitrogens is 1. The van der Waals surface area contributed by atoms with E-state index >= 15 is 0 Å². The van der Waals surface area contributed by atoms with Crippen LogP contribution >= 0.6 is 23.2 Å². The van der Waals surface area contributed by atoms with Crippen LogP contribution in [0.2, 0.25) is 0 Å². The lowest BCUT2D eigenvalue weighted by molar-refractivity contribution is -0.148. The number of halogens is 2. The molecule has 0 amide bonds. The molecular formula is C16H19Cl2NO5. The zero-order chi connectivity index (χ0) is 18.3. The van der Waals surface area contributed by atoms with Gasteiger partial charge in [0.05, 0.1) is 6.61 Å². The first-order valence-electron chi connectivity index (χ1n) is 7.49. The van der Waals surface area contributed by atoms with Crippen LogP contribution in [0.25, 0.3) is 0 Å². The summed E-state index contributed by atoms with van der Waals surface area (Å²) < 4.78 is 8.85. The number of ether oxygens (including phenoxy) is 2. The summed E-state index contributed by atoms with van der Waals surface area (Å²) in [7, 11) is 0. The van der Waals surface area contributed by atoms with Crippen LogP contribution in [0, 0.1) is 19.3 Å². The van der Waals surface area contributed by atoms with Gasteiger partial charge < -0.3 is 14.5 Å². The molecule has 0 unspecified atom stereocenters. The number of alkyl halides is 2. The van der Waals surface area contributed by atoms with Crippen LogP contribution in [0.1, 0.15) is 52.4 Å². The molecule has 132 valence electrons. The van der Waals surface area contributed by atoms with Gasteiger partial charge in [0.1, 0.15) is 15.4 Å². The van der Waals surface area contributed by atoms with Crippen LogP contribution in [-0.4, -0.2) is 40.3 Å². The van der Waals surface area contributed by atoms with Gasteiger partial charge in [-0.25, -0.2) is 4.79 Å². The van der Waals surface area contributed by atoms with Crippen molar-refractivity contribution < 1.29 is 23.9 Å². The van der Waals surface area contributed by atoms with Gasteiger partial charge in [-0.3, -0.25) is 9.59 Å². The van der Waals surface area contributed by atoms with E-state index in [1.807, 2.05) is 0 Å². The predicted molar refractivity (Wildman–Crippen MR) is 88.7 cm³/mol. The van der Waals surface area contributed by atoms with Crippen molar-refractivity contribution in [3.63, 3.8) is 0 Å². The Bertz CT molecular complexity index is 710. The first-order valence-corrected chi connectivity index (χ1v) is 8.25. The van der Waals surface area contributed by atoms with E-state index in [2.05, 4.69) is 4.98 Å². The van der Waals surface area contributed by atoms with Crippen molar-refractivity contribution in [3.05, 3.63) is 22.5 Å². The van der Waals surface area contributed by atoms with Crippen LogP contribution in [0.3, 0.4) is 0 Å². The number of hydrogen-bond acceptors (Lipinski definition) is 5. The Balaban J connectivity index is 2.08. The Morgan fingerprint density at radius 2 is 1.79 bits per heavy atom. The van der Waals surface area contributed by atoms with E-state index in [4.69, 9.17) is 32.7 Å². The van der Waals surface area contributed by atoms with Crippen molar-refractivity contribution in [1.82, 2.24) is 4.98 Å². The average Bonchev–Trinajstić information content (AvgIpc) is 2.85. The zero-order valence-corrected chi connectivity index (χ0v) is 15.4. The molecule has 1 heterocycles. The minimum Gasteiger partial charge on any atom is -0.461 e. The topological polar surface area (TPSA) is 85.5 Å². The second-order valence-electron chi connectivity index (χ2n) is 6.06. The van der Waals surface area contributed by atoms with Gasteiger partial charge >= 0.3 is 11.9 Å². The van der Waals surface area contributed by atoms with Gasteiger partial charge in [-0.05, 0) is 33.3 Å². The fraction of sp³-hybridized carbons (Fsp3) is 0.562. The Morgan fingerprint density at radius 1 is 1.21 bits per heavy atom. The Kier molecular flexibility index (Phi) is 5.02. The first kappa shape index (κ1) is 18.8. The lowest BCUT2D eigenvalue weighted by Crippen LogP contribution is -2.24. The molecule has 0 radical (unpaired) electrons. The van der Waals surface area contributed by atoms with E-state index in [1.165, 1.54) is 0 Å². The van der Waals surface area contributed by atoms with Crippen LogP contribution in [0.5, 0.6) is 0 Å². The summed E-state index contributed by atoms with van der Waals surface area (Å²) in [6.45, 7) is 6.37. The lowest BCUT2D eigenvalue weighted by Gasteiger charge is -2.11. The molecule has 1 aromatic heterocycles. The number of nitrogens with one attached hydrogen (secondary N) is 1. The molecule has 0 aromatic carbocycles. The number of aryl methyl sites for hydroxylation is 1. The molecule has 2 rings (SSSR count). The molecule has 1 atom stereocenters. The molecule has 24 heavy (non-hydrogen) atoms. The van der Waals surface area contributed by atoms with E-state index in [0.29, 0.717) is 16.8 Å². The van der Waals surface area contributed by atoms with Gasteiger partial charge in [0.15, 0.2) is 6.61 Å². The maximum atomic E-state index is 12.4. The smallest absolute Gasteiger partial charge is 0.355 e. The molecule has 6 nitrogen and oxygen atoms in total. The number of aromatic amines is 1. The third-order valence-electron chi connectivity index (χ3n) is 4.24. The molecule has 1 N–H and O–H groups in total. The Morgan fingerprint density at radius 3 is 2.29 bits per heavy atom. The minimum atomic E-state index is -1.15. The number of H-pyrrole nitrogens is 1. The number of Topliss-reactive ketones (excluding diaryl/α,β-unsaturated/α-hetero) is 1. The van der Waals surface area contributed by atoms with Gasteiger partial charge in [0.25, 0.3) is 0 Å². The fourth-order valence-corrected chi connectivity index (χ4v) is 3.25. The lowest BCUT2D eigenvalue weighted by atomic mass is 10.1. The molecule has 0 bridgehead atoms. The summed E-state index contributed by atoms with van der Waals surface area (Å²) >= 11 is 11.8. The van der Waals surface area contributed by atoms with Gasteiger partial charge in [0, 0.05) is 17.7 Å². The van der Waals surface area contributed by atoms with Crippen molar-refractivity contribution in [1.29, 1.82) is 0 Å². The third kappa shape index (κ3) is 3.17. The molecule has 1 fully saturated rings. The largest absolute Gasteiger partial charge is 0.461 e. The Hall–Kier alpha value is -1.53. The summed E-state index contributed by atoms with van der Waals surface area (Å²) in [4.78, 5) is 39.1. The maximum Gasteiger partial charge on any atom is 0.355 e. The van der Waals surface area contributed by atoms with Crippen molar-refractivity contribution in [2.75, 3.05) is 13.2 Å². The molecule has 1 aliphatic carbocycles. The third-order valence-corrected chi connectivity index (χ3v) is 5.34. The molecule has 8 heteroatoms. The van der Waals surface area contributed by atoms with E-state index in [0.717, 1.165) is 0 Å². The molecule has 1 aromatic rings. The van der Waals surface area contributed by atoms with E-state index < -0.39 is 34.1 Å². The number of carbonyl (C=O) groups is 3. The highest BCUT2D eigenvalue weighted by molar-refractivity contribution is 6.53. The first-order chi connectivity index (χ1) is 11.0. The van der Waals surface area contributed by atoms with Crippen LogP contribution < -0.4 is 0 Å². The number of esters is 2. The Labute approximate surface area is 149 Å². The summed E-state index contributed by atoms with van der Waals surface area (Å²) in [5, 5.41) is 0. The van der Waals surface area contributed by atoms with E-state index in [-0.39, 0.29) is 18.7 Å². The van der Waals surface area contributed by atoms with Gasteiger partial charge in [-0.1, -0.05) is 0 Å². The van der Waals surface area contributed by atoms with E-state index in [1.54, 1.807) is 27.7 Å². The molecule has 0 saturated heterocycles. The summed E-state index contributed by atoms with van der Waals surface area (Å²) in [5.41, 5.74) is 0.523. The quantitative estimate of drug-likeness (QED) is 0.468. The van der Waals surface area contributed by atoms with Gasteiger partial charge in [-0.15, -0.1) is 23.2 Å². The van der Waals surface area contributed by atoms with E-state index in [9.17, 15) is 14.4 Å². The standard InChI is InChI=1S/C16H19Cl2NO5/c1-5-23-13(21)12-8(2)11(9(3)19-12)10(20)6-24-14(22)15(4)7-16(15,17)18/h19H,5-7H2,1-4H3/t15-/m1/s1. The zero-order valence-electron chi connectivity index (χ0n) is 13.9. The number of rotatable bonds is 6. The second-order valence-corrected chi connectivity index (χ2v) is 7.54. The van der Waals surface area contributed by atoms with Crippen LogP contribution in [0.4, 0.5) is 0 Å². The number of ketones is 1. The van der Waals surface area contributed by atoms with Crippen LogP contribution in [0.15, 0.2) is 0 Å². The molecular weight excluding hydrogens is 357 g/mol. The average molecular weight is 376 g/mol. The maximum absolute atomic E-state index is 12.4. The second kappa shape index (κ2) is 6.41. The van der Waals surface area contributed by atoms with Crippen molar-refractivity contribution in [2.45, 2.75) is 38.4 Å². The molecule has 0 spiro atoms. The van der Waals surface area contributed by atoms with Crippen molar-refractivity contribution in [2.24, 2.45) is 5.41 Å². The summed E-state index contributed by atoms with van der Waals surface area (Å²) in [6.07, 6.45) is 0.283. The summed E-state index contributed by atoms with van der Waals surface area (Å²) in [6, 6.07) is 0. The van der Waals surface area contributed by atoms with Crippen molar-refractivity contribution in [3.8, 4) is 0 Å². The fourth-order valence-electron chi connectivity index (χ4n) is 2.56.